The summed E-state index contributed by atoms with van der Waals surface area (Å²) in [6, 6.07) is 18.0. The molecule has 0 bridgehead atoms. The first-order chi connectivity index (χ1) is 11.7. The smallest absolute Gasteiger partial charge is 0.338 e. The molecule has 0 aliphatic carbocycles. The minimum Gasteiger partial charge on any atom is -0.462 e. The van der Waals surface area contributed by atoms with Crippen LogP contribution >= 0.6 is 0 Å². The molecule has 0 N–H and O–H groups in total. The Morgan fingerprint density at radius 1 is 0.667 bits per heavy atom. The topological polar surface area (TPSA) is 52.6 Å². The predicted molar refractivity (Wildman–Crippen MR) is 94.0 cm³/mol. The summed E-state index contributed by atoms with van der Waals surface area (Å²) in [5.74, 6) is -0.477. The first kappa shape index (κ1) is 19.4. The Labute approximate surface area is 143 Å². The fourth-order valence-electron chi connectivity index (χ4n) is 1.70. The molecule has 0 atom stereocenters. The van der Waals surface area contributed by atoms with Crippen LogP contribution in [0.1, 0.15) is 47.4 Å². The quantitative estimate of drug-likeness (QED) is 0.732. The highest BCUT2D eigenvalue weighted by molar-refractivity contribution is 5.89. The second-order valence-electron chi connectivity index (χ2n) is 5.00. The van der Waals surface area contributed by atoms with Crippen LogP contribution in [-0.2, 0) is 9.47 Å². The van der Waals surface area contributed by atoms with Crippen molar-refractivity contribution in [1.29, 1.82) is 0 Å². The molecule has 0 aromatic heterocycles. The molecule has 2 aromatic carbocycles. The fraction of sp³-hybridized carbons (Fsp3) is 0.300. The number of rotatable bonds is 6. The zero-order chi connectivity index (χ0) is 17.6. The number of hydrogen-bond acceptors (Lipinski definition) is 4. The van der Waals surface area contributed by atoms with Crippen molar-refractivity contribution in [3.63, 3.8) is 0 Å². The van der Waals surface area contributed by atoms with Crippen LogP contribution in [0.2, 0.25) is 0 Å². The van der Waals surface area contributed by atoms with E-state index < -0.39 is 0 Å². The van der Waals surface area contributed by atoms with Crippen LogP contribution in [0, 0.1) is 0 Å². The van der Waals surface area contributed by atoms with E-state index in [-0.39, 0.29) is 11.9 Å². The van der Waals surface area contributed by atoms with Gasteiger partial charge in [0.15, 0.2) is 0 Å². The summed E-state index contributed by atoms with van der Waals surface area (Å²) in [5.41, 5.74) is 1.23. The zero-order valence-corrected chi connectivity index (χ0v) is 14.2. The maximum absolute atomic E-state index is 11.2. The number of benzene rings is 2. The van der Waals surface area contributed by atoms with Gasteiger partial charge in [-0.2, -0.15) is 0 Å². The van der Waals surface area contributed by atoms with Gasteiger partial charge in [-0.25, -0.2) is 9.59 Å². The largest absolute Gasteiger partial charge is 0.462 e. The van der Waals surface area contributed by atoms with Gasteiger partial charge in [0, 0.05) is 0 Å². The number of ether oxygens (including phenoxy) is 2. The van der Waals surface area contributed by atoms with E-state index >= 15 is 0 Å². The monoisotopic (exact) mass is 328 g/mol. The Bertz CT molecular complexity index is 538. The molecular weight excluding hydrogens is 304 g/mol. The molecular formula is C20H24O4. The molecule has 2 aromatic rings. The first-order valence-electron chi connectivity index (χ1n) is 8.13. The molecule has 4 heteroatoms. The van der Waals surface area contributed by atoms with Crippen molar-refractivity contribution < 1.29 is 19.1 Å². The van der Waals surface area contributed by atoms with Gasteiger partial charge in [0.05, 0.1) is 24.3 Å². The maximum Gasteiger partial charge on any atom is 0.338 e. The van der Waals surface area contributed by atoms with Crippen LogP contribution in [0.25, 0.3) is 0 Å². The van der Waals surface area contributed by atoms with E-state index in [1.807, 2.05) is 50.2 Å². The Hall–Kier alpha value is -2.62. The minimum atomic E-state index is -0.238. The number of carbonyl (C=O) groups excluding carboxylic acids is 2. The van der Waals surface area contributed by atoms with Crippen molar-refractivity contribution >= 4 is 11.9 Å². The Balaban J connectivity index is 0.000000240. The Morgan fingerprint density at radius 2 is 1.00 bits per heavy atom. The zero-order valence-electron chi connectivity index (χ0n) is 14.2. The molecule has 0 radical (unpaired) electrons. The lowest BCUT2D eigenvalue weighted by atomic mass is 10.2. The van der Waals surface area contributed by atoms with Crippen molar-refractivity contribution in [2.45, 2.75) is 26.7 Å². The third-order valence-electron chi connectivity index (χ3n) is 2.89. The number of hydrogen-bond donors (Lipinski definition) is 0. The van der Waals surface area contributed by atoms with E-state index in [0.29, 0.717) is 24.3 Å². The van der Waals surface area contributed by atoms with Crippen LogP contribution in [0.4, 0.5) is 0 Å². The van der Waals surface area contributed by atoms with Crippen LogP contribution < -0.4 is 0 Å². The van der Waals surface area contributed by atoms with Gasteiger partial charge in [0.25, 0.3) is 0 Å². The van der Waals surface area contributed by atoms with Crippen LogP contribution in [0.15, 0.2) is 60.7 Å². The van der Waals surface area contributed by atoms with Gasteiger partial charge in [-0.05, 0) is 37.1 Å². The average molecular weight is 328 g/mol. The van der Waals surface area contributed by atoms with E-state index in [1.54, 1.807) is 24.3 Å². The standard InChI is InChI=1S/2C10H12O2/c2*1-2-8-12-10(11)9-6-4-3-5-7-9/h2*3-7H,2,8H2,1H3. The van der Waals surface area contributed by atoms with E-state index in [1.165, 1.54) is 0 Å². The molecule has 0 heterocycles. The van der Waals surface area contributed by atoms with Crippen molar-refractivity contribution in [3.8, 4) is 0 Å². The van der Waals surface area contributed by atoms with Gasteiger partial charge >= 0.3 is 11.9 Å². The van der Waals surface area contributed by atoms with Crippen LogP contribution in [0.3, 0.4) is 0 Å². The van der Waals surface area contributed by atoms with Crippen molar-refractivity contribution in [2.75, 3.05) is 13.2 Å². The van der Waals surface area contributed by atoms with Crippen LogP contribution in [0.5, 0.6) is 0 Å². The summed E-state index contributed by atoms with van der Waals surface area (Å²) in [4.78, 5) is 22.4. The summed E-state index contributed by atoms with van der Waals surface area (Å²) >= 11 is 0. The van der Waals surface area contributed by atoms with Gasteiger partial charge in [-0.15, -0.1) is 0 Å². The molecule has 128 valence electrons. The van der Waals surface area contributed by atoms with Crippen molar-refractivity contribution in [3.05, 3.63) is 71.8 Å². The lowest BCUT2D eigenvalue weighted by Gasteiger charge is -2.01. The third-order valence-corrected chi connectivity index (χ3v) is 2.89. The van der Waals surface area contributed by atoms with Crippen LogP contribution in [-0.4, -0.2) is 25.2 Å². The minimum absolute atomic E-state index is 0.238. The molecule has 0 aliphatic rings. The van der Waals surface area contributed by atoms with Gasteiger partial charge in [0.2, 0.25) is 0 Å². The molecule has 0 fully saturated rings. The number of esters is 2. The summed E-state index contributed by atoms with van der Waals surface area (Å²) in [6.45, 7) is 4.93. The van der Waals surface area contributed by atoms with E-state index in [0.717, 1.165) is 12.8 Å². The molecule has 0 unspecified atom stereocenters. The summed E-state index contributed by atoms with van der Waals surface area (Å²) in [6.07, 6.45) is 1.72. The summed E-state index contributed by atoms with van der Waals surface area (Å²) in [7, 11) is 0. The van der Waals surface area contributed by atoms with Gasteiger partial charge in [-0.1, -0.05) is 50.2 Å². The number of carbonyl (C=O) groups is 2. The highest BCUT2D eigenvalue weighted by Gasteiger charge is 2.04. The van der Waals surface area contributed by atoms with E-state index in [9.17, 15) is 9.59 Å². The fourth-order valence-corrected chi connectivity index (χ4v) is 1.70. The molecule has 4 nitrogen and oxygen atoms in total. The predicted octanol–water partition coefficient (Wildman–Crippen LogP) is 4.51. The van der Waals surface area contributed by atoms with Gasteiger partial charge in [-0.3, -0.25) is 0 Å². The average Bonchev–Trinajstić information content (AvgIpc) is 2.66. The lowest BCUT2D eigenvalue weighted by Crippen LogP contribution is -2.05. The van der Waals surface area contributed by atoms with Gasteiger partial charge in [0.1, 0.15) is 0 Å². The van der Waals surface area contributed by atoms with Crippen molar-refractivity contribution in [1.82, 2.24) is 0 Å². The molecule has 0 saturated heterocycles. The molecule has 24 heavy (non-hydrogen) atoms. The molecule has 0 aliphatic heterocycles. The Morgan fingerprint density at radius 3 is 1.29 bits per heavy atom. The molecule has 2 rings (SSSR count). The Kier molecular flexibility index (Phi) is 9.62. The first-order valence-corrected chi connectivity index (χ1v) is 8.13. The molecule has 0 amide bonds. The maximum atomic E-state index is 11.2. The summed E-state index contributed by atoms with van der Waals surface area (Å²) in [5, 5.41) is 0. The third kappa shape index (κ3) is 7.58. The SMILES string of the molecule is CCCOC(=O)c1ccccc1.CCCOC(=O)c1ccccc1. The molecule has 0 saturated carbocycles. The molecule has 0 spiro atoms. The van der Waals surface area contributed by atoms with E-state index in [2.05, 4.69) is 0 Å². The lowest BCUT2D eigenvalue weighted by molar-refractivity contribution is 0.0496. The second kappa shape index (κ2) is 11.9. The van der Waals surface area contributed by atoms with E-state index in [4.69, 9.17) is 9.47 Å². The van der Waals surface area contributed by atoms with Crippen molar-refractivity contribution in [2.24, 2.45) is 0 Å². The second-order valence-corrected chi connectivity index (χ2v) is 5.00. The highest BCUT2D eigenvalue weighted by atomic mass is 16.5. The summed E-state index contributed by atoms with van der Waals surface area (Å²) < 4.78 is 9.88. The highest BCUT2D eigenvalue weighted by Crippen LogP contribution is 2.01. The van der Waals surface area contributed by atoms with Gasteiger partial charge < -0.3 is 9.47 Å². The normalized spacial score (nSPS) is 9.42.